The number of halogens is 3. The van der Waals surface area contributed by atoms with E-state index in [-0.39, 0.29) is 4.71 Å². The lowest BCUT2D eigenvalue weighted by Crippen LogP contribution is -3.06. The fourth-order valence-corrected chi connectivity index (χ4v) is 4.02. The van der Waals surface area contributed by atoms with Crippen LogP contribution in [-0.2, 0) is 6.18 Å². The first-order chi connectivity index (χ1) is 8.84. The smallest absolute Gasteiger partial charge is 0.394 e. The Morgan fingerprint density at radius 1 is 1.37 bits per heavy atom. The third-order valence-electron chi connectivity index (χ3n) is 2.91. The van der Waals surface area contributed by atoms with Crippen molar-refractivity contribution in [2.75, 3.05) is 12.0 Å². The van der Waals surface area contributed by atoms with Crippen LogP contribution in [0.2, 0.25) is 0 Å². The first-order valence-corrected chi connectivity index (χ1v) is 7.77. The van der Waals surface area contributed by atoms with Gasteiger partial charge in [0.25, 0.3) is 0 Å². The Morgan fingerprint density at radius 2 is 2.05 bits per heavy atom. The Morgan fingerprint density at radius 3 is 2.63 bits per heavy atom. The molecule has 0 saturated carbocycles. The van der Waals surface area contributed by atoms with Gasteiger partial charge in [-0.2, -0.15) is 13.2 Å². The van der Waals surface area contributed by atoms with Gasteiger partial charge < -0.3 is 5.73 Å². The molecule has 2 rings (SSSR count). The second kappa shape index (κ2) is 5.30. The number of hydrogen-bond donors (Lipinski definition) is 2. The Kier molecular flexibility index (Phi) is 4.08. The predicted octanol–water partition coefficient (Wildman–Crippen LogP) is 3.06. The van der Waals surface area contributed by atoms with Crippen molar-refractivity contribution in [2.45, 2.75) is 17.8 Å². The number of quaternary nitrogens is 1. The quantitative estimate of drug-likeness (QED) is 0.823. The molecule has 0 aliphatic carbocycles. The lowest BCUT2D eigenvalue weighted by Gasteiger charge is -2.22. The SMILES string of the molecule is CSC1SC=C(C)[NH+]1c1cc(C(F)(F)F)ccc1N. The number of benzene rings is 1. The van der Waals surface area contributed by atoms with E-state index in [9.17, 15) is 13.2 Å². The molecule has 0 saturated heterocycles. The number of nitrogen functional groups attached to an aromatic ring is 1. The van der Waals surface area contributed by atoms with Gasteiger partial charge in [0.15, 0.2) is 10.4 Å². The van der Waals surface area contributed by atoms with Crippen molar-refractivity contribution >= 4 is 34.9 Å². The van der Waals surface area contributed by atoms with E-state index < -0.39 is 11.7 Å². The molecule has 7 heteroatoms. The van der Waals surface area contributed by atoms with Crippen LogP contribution in [0.15, 0.2) is 29.3 Å². The molecule has 1 aliphatic heterocycles. The Hall–Kier alpha value is -0.790. The van der Waals surface area contributed by atoms with Crippen molar-refractivity contribution in [3.63, 3.8) is 0 Å². The van der Waals surface area contributed by atoms with Crippen molar-refractivity contribution in [3.05, 3.63) is 34.9 Å². The molecule has 2 atom stereocenters. The van der Waals surface area contributed by atoms with Crippen LogP contribution in [0, 0.1) is 0 Å². The van der Waals surface area contributed by atoms with Crippen molar-refractivity contribution in [1.29, 1.82) is 0 Å². The summed E-state index contributed by atoms with van der Waals surface area (Å²) in [5.41, 5.74) is 7.06. The molecule has 0 amide bonds. The van der Waals surface area contributed by atoms with Crippen LogP contribution in [0.1, 0.15) is 12.5 Å². The van der Waals surface area contributed by atoms with Crippen LogP contribution in [0.3, 0.4) is 0 Å². The molecule has 2 nitrogen and oxygen atoms in total. The van der Waals surface area contributed by atoms with E-state index in [1.165, 1.54) is 6.07 Å². The van der Waals surface area contributed by atoms with Gasteiger partial charge in [-0.3, -0.25) is 4.90 Å². The number of nitrogens with two attached hydrogens (primary N) is 1. The number of nitrogens with one attached hydrogen (secondary N) is 1. The summed E-state index contributed by atoms with van der Waals surface area (Å²) in [5, 5.41) is 1.97. The number of alkyl halides is 3. The van der Waals surface area contributed by atoms with Gasteiger partial charge in [0, 0.05) is 18.4 Å². The maximum absolute atomic E-state index is 12.8. The summed E-state index contributed by atoms with van der Waals surface area (Å²) in [6.07, 6.45) is -2.41. The van der Waals surface area contributed by atoms with Crippen LogP contribution < -0.4 is 10.6 Å². The van der Waals surface area contributed by atoms with E-state index in [4.69, 9.17) is 5.73 Å². The summed E-state index contributed by atoms with van der Waals surface area (Å²) in [4.78, 5) is 0.890. The van der Waals surface area contributed by atoms with E-state index in [1.54, 1.807) is 23.5 Å². The zero-order valence-electron chi connectivity index (χ0n) is 10.4. The summed E-state index contributed by atoms with van der Waals surface area (Å²) >= 11 is 3.20. The van der Waals surface area contributed by atoms with Crippen LogP contribution in [-0.4, -0.2) is 11.0 Å². The Labute approximate surface area is 118 Å². The van der Waals surface area contributed by atoms with Crippen LogP contribution in [0.5, 0.6) is 0 Å². The van der Waals surface area contributed by atoms with Crippen molar-refractivity contribution in [2.24, 2.45) is 0 Å². The minimum atomic E-state index is -4.35. The lowest BCUT2D eigenvalue weighted by atomic mass is 10.1. The zero-order valence-corrected chi connectivity index (χ0v) is 12.0. The summed E-state index contributed by atoms with van der Waals surface area (Å²) in [6.45, 7) is 1.90. The molecule has 1 aromatic carbocycles. The van der Waals surface area contributed by atoms with E-state index in [1.807, 2.05) is 18.6 Å². The third-order valence-corrected chi connectivity index (χ3v) is 5.46. The maximum atomic E-state index is 12.8. The monoisotopic (exact) mass is 307 g/mol. The molecular weight excluding hydrogens is 293 g/mol. The largest absolute Gasteiger partial charge is 0.416 e. The van der Waals surface area contributed by atoms with Crippen molar-refractivity contribution < 1.29 is 18.1 Å². The molecule has 1 aliphatic rings. The Bertz CT molecular complexity index is 514. The standard InChI is InChI=1S/C12H13F3N2S2/c1-7-6-19-11(18-2)17(7)10-5-8(12(13,14)15)3-4-9(10)16/h3-6,11H,16H2,1-2H3/p+1. The molecule has 3 N–H and O–H groups in total. The van der Waals surface area contributed by atoms with Crippen molar-refractivity contribution in [3.8, 4) is 0 Å². The zero-order chi connectivity index (χ0) is 14.2. The highest BCUT2D eigenvalue weighted by Gasteiger charge is 2.36. The third kappa shape index (κ3) is 2.88. The molecule has 1 aromatic rings. The first-order valence-electron chi connectivity index (χ1n) is 5.54. The first kappa shape index (κ1) is 14.6. The molecule has 1 heterocycles. The van der Waals surface area contributed by atoms with Crippen LogP contribution >= 0.6 is 23.5 Å². The summed E-state index contributed by atoms with van der Waals surface area (Å²) < 4.78 is 38.5. The van der Waals surface area contributed by atoms with Gasteiger partial charge in [-0.25, -0.2) is 0 Å². The second-order valence-corrected chi connectivity index (χ2v) is 6.44. The predicted molar refractivity (Wildman–Crippen MR) is 75.1 cm³/mol. The normalized spacial score (nSPS) is 23.5. The molecule has 0 spiro atoms. The van der Waals surface area contributed by atoms with Gasteiger partial charge in [-0.1, -0.05) is 23.5 Å². The fraction of sp³-hybridized carbons (Fsp3) is 0.333. The minimum Gasteiger partial charge on any atom is -0.394 e. The maximum Gasteiger partial charge on any atom is 0.416 e. The average molecular weight is 307 g/mol. The second-order valence-electron chi connectivity index (χ2n) is 4.22. The molecule has 0 aromatic heterocycles. The van der Waals surface area contributed by atoms with Crippen LogP contribution in [0.4, 0.5) is 24.5 Å². The number of allylic oxidation sites excluding steroid dienone is 1. The summed E-state index contributed by atoms with van der Waals surface area (Å²) in [5.74, 6) is 0. The topological polar surface area (TPSA) is 30.5 Å². The van der Waals surface area contributed by atoms with Gasteiger partial charge >= 0.3 is 6.18 Å². The highest BCUT2D eigenvalue weighted by Crippen LogP contribution is 2.34. The van der Waals surface area contributed by atoms with Crippen LogP contribution in [0.25, 0.3) is 0 Å². The van der Waals surface area contributed by atoms with E-state index in [0.29, 0.717) is 11.4 Å². The van der Waals surface area contributed by atoms with E-state index >= 15 is 0 Å². The summed E-state index contributed by atoms with van der Waals surface area (Å²) in [6, 6.07) is 3.50. The van der Waals surface area contributed by atoms with Gasteiger partial charge in [-0.05, 0) is 18.4 Å². The van der Waals surface area contributed by atoms with Gasteiger partial charge in [0.1, 0.15) is 5.70 Å². The lowest BCUT2D eigenvalue weighted by molar-refractivity contribution is -0.782. The molecule has 2 unspecified atom stereocenters. The Balaban J connectivity index is 2.46. The number of anilines is 1. The van der Waals surface area contributed by atoms with Crippen molar-refractivity contribution in [1.82, 2.24) is 0 Å². The fourth-order valence-electron chi connectivity index (χ4n) is 1.96. The molecule has 0 radical (unpaired) electrons. The highest BCUT2D eigenvalue weighted by molar-refractivity contribution is 8.17. The molecular formula is C12H14F3N2S2+. The molecule has 19 heavy (non-hydrogen) atoms. The molecule has 0 fully saturated rings. The van der Waals surface area contributed by atoms with Gasteiger partial charge in [-0.15, -0.1) is 0 Å². The number of hydrogen-bond acceptors (Lipinski definition) is 3. The molecule has 0 bridgehead atoms. The summed E-state index contributed by atoms with van der Waals surface area (Å²) in [7, 11) is 0. The number of rotatable bonds is 2. The minimum absolute atomic E-state index is 0.103. The number of thioether (sulfide) groups is 2. The van der Waals surface area contributed by atoms with E-state index in [0.717, 1.165) is 22.7 Å². The van der Waals surface area contributed by atoms with Gasteiger partial charge in [0.2, 0.25) is 0 Å². The van der Waals surface area contributed by atoms with Gasteiger partial charge in [0.05, 0.1) is 11.3 Å². The van der Waals surface area contributed by atoms with E-state index in [2.05, 4.69) is 0 Å². The molecule has 104 valence electrons. The highest BCUT2D eigenvalue weighted by atomic mass is 32.2. The average Bonchev–Trinajstić information content (AvgIpc) is 2.69.